The van der Waals surface area contributed by atoms with E-state index in [0.29, 0.717) is 28.0 Å². The van der Waals surface area contributed by atoms with Crippen LogP contribution in [0.2, 0.25) is 10.0 Å². The minimum atomic E-state index is -0.257. The van der Waals surface area contributed by atoms with Crippen molar-refractivity contribution in [3.63, 3.8) is 0 Å². The number of aromatic nitrogens is 4. The second-order valence-electron chi connectivity index (χ2n) is 4.99. The maximum absolute atomic E-state index is 12.0. The molecule has 0 bridgehead atoms. The van der Waals surface area contributed by atoms with E-state index in [1.54, 1.807) is 47.0 Å². The molecule has 2 aromatic heterocycles. The number of carbonyl (C=O) groups excluding carboxylic acids is 1. The molecule has 3 rings (SSSR count). The molecule has 0 atom stereocenters. The number of rotatable bonds is 4. The highest BCUT2D eigenvalue weighted by molar-refractivity contribution is 6.35. The molecule has 0 spiro atoms. The summed E-state index contributed by atoms with van der Waals surface area (Å²) in [6.07, 6.45) is 4.91. The van der Waals surface area contributed by atoms with E-state index < -0.39 is 0 Å². The highest BCUT2D eigenvalue weighted by atomic mass is 35.5. The molecule has 8 heteroatoms. The van der Waals surface area contributed by atoms with E-state index in [4.69, 9.17) is 23.2 Å². The number of hydrogen-bond donors (Lipinski definition) is 1. The summed E-state index contributed by atoms with van der Waals surface area (Å²) < 4.78 is 3.25. The standard InChI is InChI=1S/C15H13Cl2N5O/c1-21-8-11(7-18-21)15(23)19-14-4-5-22(20-14)9-10-2-3-12(16)6-13(10)17/h2-8H,9H2,1H3,(H,19,20,23). The number of nitrogens with zero attached hydrogens (tertiary/aromatic N) is 4. The van der Waals surface area contributed by atoms with Crippen molar-refractivity contribution in [2.24, 2.45) is 7.05 Å². The number of hydrogen-bond acceptors (Lipinski definition) is 3. The Hall–Kier alpha value is -2.31. The molecule has 1 aromatic carbocycles. The maximum Gasteiger partial charge on any atom is 0.260 e. The topological polar surface area (TPSA) is 64.7 Å². The SMILES string of the molecule is Cn1cc(C(=O)Nc2ccn(Cc3ccc(Cl)cc3Cl)n2)cn1. The van der Waals surface area contributed by atoms with Crippen molar-refractivity contribution in [1.29, 1.82) is 0 Å². The minimum absolute atomic E-state index is 0.257. The molecule has 0 aliphatic heterocycles. The van der Waals surface area contributed by atoms with Crippen molar-refractivity contribution >= 4 is 34.9 Å². The van der Waals surface area contributed by atoms with Gasteiger partial charge in [-0.15, -0.1) is 0 Å². The average Bonchev–Trinajstić information content (AvgIpc) is 3.11. The molecule has 1 amide bonds. The summed E-state index contributed by atoms with van der Waals surface area (Å²) in [4.78, 5) is 12.0. The molecule has 1 N–H and O–H groups in total. The lowest BCUT2D eigenvalue weighted by Gasteiger charge is -2.05. The predicted octanol–water partition coefficient (Wildman–Crippen LogP) is 3.22. The van der Waals surface area contributed by atoms with Crippen LogP contribution in [-0.2, 0) is 13.6 Å². The van der Waals surface area contributed by atoms with E-state index in [1.807, 2.05) is 6.07 Å². The summed E-state index contributed by atoms with van der Waals surface area (Å²) in [6.45, 7) is 0.485. The second-order valence-corrected chi connectivity index (χ2v) is 5.83. The zero-order valence-electron chi connectivity index (χ0n) is 12.2. The van der Waals surface area contributed by atoms with E-state index in [0.717, 1.165) is 5.56 Å². The molecular weight excluding hydrogens is 337 g/mol. The maximum atomic E-state index is 12.0. The number of halogens is 2. The lowest BCUT2D eigenvalue weighted by molar-refractivity contribution is 0.102. The van der Waals surface area contributed by atoms with Gasteiger partial charge in [-0.3, -0.25) is 14.2 Å². The van der Waals surface area contributed by atoms with Crippen LogP contribution in [0.3, 0.4) is 0 Å². The molecule has 0 aliphatic rings. The van der Waals surface area contributed by atoms with Gasteiger partial charge in [-0.1, -0.05) is 29.3 Å². The van der Waals surface area contributed by atoms with Crippen LogP contribution in [0.4, 0.5) is 5.82 Å². The first-order valence-electron chi connectivity index (χ1n) is 6.78. The summed E-state index contributed by atoms with van der Waals surface area (Å²) in [7, 11) is 1.75. The third-order valence-electron chi connectivity index (χ3n) is 3.20. The summed E-state index contributed by atoms with van der Waals surface area (Å²) in [5.74, 6) is 0.205. The molecular formula is C15H13Cl2N5O. The molecule has 6 nitrogen and oxygen atoms in total. The lowest BCUT2D eigenvalue weighted by atomic mass is 10.2. The zero-order chi connectivity index (χ0) is 16.4. The Balaban J connectivity index is 1.69. The first kappa shape index (κ1) is 15.6. The van der Waals surface area contributed by atoms with Crippen molar-refractivity contribution in [2.45, 2.75) is 6.54 Å². The van der Waals surface area contributed by atoms with E-state index in [2.05, 4.69) is 15.5 Å². The first-order valence-corrected chi connectivity index (χ1v) is 7.54. The van der Waals surface area contributed by atoms with Crippen LogP contribution in [0, 0.1) is 0 Å². The van der Waals surface area contributed by atoms with Crippen LogP contribution in [0.5, 0.6) is 0 Å². The summed E-state index contributed by atoms with van der Waals surface area (Å²) >= 11 is 12.0. The zero-order valence-corrected chi connectivity index (χ0v) is 13.7. The Morgan fingerprint density at radius 2 is 2.13 bits per heavy atom. The molecule has 0 fully saturated rings. The molecule has 0 unspecified atom stereocenters. The number of anilines is 1. The summed E-state index contributed by atoms with van der Waals surface area (Å²) in [6, 6.07) is 7.03. The van der Waals surface area contributed by atoms with E-state index in [1.165, 1.54) is 6.20 Å². The number of amides is 1. The lowest BCUT2D eigenvalue weighted by Crippen LogP contribution is -2.12. The fourth-order valence-corrected chi connectivity index (χ4v) is 2.54. The molecule has 118 valence electrons. The third-order valence-corrected chi connectivity index (χ3v) is 3.78. The number of carbonyl (C=O) groups is 1. The van der Waals surface area contributed by atoms with Gasteiger partial charge in [-0.25, -0.2) is 0 Å². The van der Waals surface area contributed by atoms with Crippen molar-refractivity contribution in [3.8, 4) is 0 Å². The minimum Gasteiger partial charge on any atom is -0.305 e. The van der Waals surface area contributed by atoms with Crippen LogP contribution in [0.15, 0.2) is 42.9 Å². The van der Waals surface area contributed by atoms with Gasteiger partial charge in [0, 0.05) is 35.6 Å². The second kappa shape index (κ2) is 6.44. The Morgan fingerprint density at radius 3 is 2.83 bits per heavy atom. The highest BCUT2D eigenvalue weighted by Gasteiger charge is 2.10. The normalized spacial score (nSPS) is 10.7. The quantitative estimate of drug-likeness (QED) is 0.786. The Bertz CT molecular complexity index is 855. The molecule has 0 aliphatic carbocycles. The van der Waals surface area contributed by atoms with E-state index in [9.17, 15) is 4.79 Å². The van der Waals surface area contributed by atoms with Gasteiger partial charge in [0.1, 0.15) is 0 Å². The predicted molar refractivity (Wildman–Crippen MR) is 89.0 cm³/mol. The monoisotopic (exact) mass is 349 g/mol. The highest BCUT2D eigenvalue weighted by Crippen LogP contribution is 2.21. The fourth-order valence-electron chi connectivity index (χ4n) is 2.07. The summed E-state index contributed by atoms with van der Waals surface area (Å²) in [5, 5.41) is 12.2. The van der Waals surface area contributed by atoms with Crippen LogP contribution in [0.1, 0.15) is 15.9 Å². The first-order chi connectivity index (χ1) is 11.0. The van der Waals surface area contributed by atoms with Gasteiger partial charge in [0.15, 0.2) is 5.82 Å². The van der Waals surface area contributed by atoms with Gasteiger partial charge < -0.3 is 5.32 Å². The largest absolute Gasteiger partial charge is 0.305 e. The van der Waals surface area contributed by atoms with Crippen LogP contribution in [-0.4, -0.2) is 25.5 Å². The molecule has 2 heterocycles. The Labute approximate surface area is 142 Å². The van der Waals surface area contributed by atoms with Gasteiger partial charge in [0.2, 0.25) is 0 Å². The molecule has 0 saturated carbocycles. The van der Waals surface area contributed by atoms with E-state index >= 15 is 0 Å². The number of nitrogens with one attached hydrogen (secondary N) is 1. The van der Waals surface area contributed by atoms with Crippen molar-refractivity contribution in [1.82, 2.24) is 19.6 Å². The van der Waals surface area contributed by atoms with Crippen LogP contribution < -0.4 is 5.32 Å². The molecule has 0 saturated heterocycles. The van der Waals surface area contributed by atoms with Gasteiger partial charge in [0.25, 0.3) is 5.91 Å². The van der Waals surface area contributed by atoms with E-state index in [-0.39, 0.29) is 5.91 Å². The van der Waals surface area contributed by atoms with Gasteiger partial charge in [0.05, 0.1) is 18.3 Å². The molecule has 23 heavy (non-hydrogen) atoms. The average molecular weight is 350 g/mol. The third kappa shape index (κ3) is 3.72. The molecule has 3 aromatic rings. The van der Waals surface area contributed by atoms with Crippen LogP contribution in [0.25, 0.3) is 0 Å². The number of benzene rings is 1. The Morgan fingerprint density at radius 1 is 1.30 bits per heavy atom. The molecule has 0 radical (unpaired) electrons. The van der Waals surface area contributed by atoms with Gasteiger partial charge in [-0.2, -0.15) is 10.2 Å². The smallest absolute Gasteiger partial charge is 0.260 e. The number of aryl methyl sites for hydroxylation is 1. The fraction of sp³-hybridized carbons (Fsp3) is 0.133. The Kier molecular flexibility index (Phi) is 4.36. The van der Waals surface area contributed by atoms with Crippen molar-refractivity contribution in [2.75, 3.05) is 5.32 Å². The van der Waals surface area contributed by atoms with Crippen molar-refractivity contribution < 1.29 is 4.79 Å². The van der Waals surface area contributed by atoms with Crippen LogP contribution >= 0.6 is 23.2 Å². The van der Waals surface area contributed by atoms with Crippen molar-refractivity contribution in [3.05, 3.63) is 64.0 Å². The van der Waals surface area contributed by atoms with Gasteiger partial charge >= 0.3 is 0 Å². The van der Waals surface area contributed by atoms with Gasteiger partial charge in [-0.05, 0) is 17.7 Å². The summed E-state index contributed by atoms with van der Waals surface area (Å²) in [5.41, 5.74) is 1.37.